The zero-order chi connectivity index (χ0) is 14.1. The summed E-state index contributed by atoms with van der Waals surface area (Å²) in [4.78, 5) is 11.5. The fourth-order valence-electron chi connectivity index (χ4n) is 2.42. The highest BCUT2D eigenvalue weighted by atomic mass is 79.9. The number of aryl methyl sites for hydroxylation is 1. The Morgan fingerprint density at radius 3 is 2.90 bits per heavy atom. The molecule has 0 spiro atoms. The number of nitrogens with one attached hydrogen (secondary N) is 1. The molecule has 0 saturated carbocycles. The number of anilines is 1. The molecule has 0 radical (unpaired) electrons. The van der Waals surface area contributed by atoms with Gasteiger partial charge in [0.25, 0.3) is 0 Å². The molecule has 1 atom stereocenters. The van der Waals surface area contributed by atoms with Crippen LogP contribution < -0.4 is 5.32 Å². The molecule has 104 valence electrons. The Morgan fingerprint density at radius 2 is 2.15 bits per heavy atom. The molecule has 1 aliphatic heterocycles. The predicted octanol–water partition coefficient (Wildman–Crippen LogP) is 4.65. The number of benzene rings is 1. The van der Waals surface area contributed by atoms with Gasteiger partial charge >= 0.3 is 0 Å². The van der Waals surface area contributed by atoms with Crippen LogP contribution in [0.25, 0.3) is 0 Å². The first-order chi connectivity index (χ1) is 9.65. The first-order valence-electron chi connectivity index (χ1n) is 6.45. The van der Waals surface area contributed by atoms with Crippen molar-refractivity contribution in [3.05, 3.63) is 51.9 Å². The smallest absolute Gasteiger partial charge is 0.224 e. The van der Waals surface area contributed by atoms with E-state index in [0.29, 0.717) is 11.1 Å². The number of hydrogen-bond donors (Lipinski definition) is 1. The molecule has 3 nitrogen and oxygen atoms in total. The van der Waals surface area contributed by atoms with Crippen molar-refractivity contribution in [2.75, 3.05) is 5.32 Å². The molecule has 1 aliphatic rings. The van der Waals surface area contributed by atoms with Gasteiger partial charge < -0.3 is 9.73 Å². The van der Waals surface area contributed by atoms with E-state index in [9.17, 15) is 4.79 Å². The van der Waals surface area contributed by atoms with Crippen LogP contribution in [0.2, 0.25) is 0 Å². The van der Waals surface area contributed by atoms with E-state index in [-0.39, 0.29) is 11.3 Å². The molecule has 1 aromatic carbocycles. The summed E-state index contributed by atoms with van der Waals surface area (Å²) in [6.45, 7) is 0. The number of alkyl halides is 1. The summed E-state index contributed by atoms with van der Waals surface area (Å²) < 4.78 is 5.88. The number of hydrogen-bond acceptors (Lipinski definition) is 2. The lowest BCUT2D eigenvalue weighted by atomic mass is 10.0. The number of rotatable bonds is 2. The van der Waals surface area contributed by atoms with Crippen LogP contribution in [0.15, 0.2) is 39.6 Å². The minimum atomic E-state index is -0.271. The molecule has 20 heavy (non-hydrogen) atoms. The third-order valence-electron chi connectivity index (χ3n) is 3.47. The molecular weight excluding hydrogens is 342 g/mol. The minimum Gasteiger partial charge on any atom is -0.457 e. The van der Waals surface area contributed by atoms with Gasteiger partial charge in [-0.15, -0.1) is 11.6 Å². The molecule has 0 bridgehead atoms. The molecular formula is C15H13BrClNO2. The number of furan rings is 1. The summed E-state index contributed by atoms with van der Waals surface area (Å²) in [5, 5.41) is 2.65. The summed E-state index contributed by atoms with van der Waals surface area (Å²) >= 11 is 9.86. The average molecular weight is 355 g/mol. The van der Waals surface area contributed by atoms with Crippen LogP contribution in [0.3, 0.4) is 0 Å². The Labute approximate surface area is 130 Å². The van der Waals surface area contributed by atoms with Gasteiger partial charge in [-0.1, -0.05) is 12.1 Å². The standard InChI is InChI=1S/C15H13BrClNO2/c16-15-11(6-7-20-15)14(17)10-4-5-12-9(8-10)2-1-3-13(19)18-12/h4-8,14H,1-3H2,(H,18,19). The van der Waals surface area contributed by atoms with E-state index in [1.807, 2.05) is 18.2 Å². The highest BCUT2D eigenvalue weighted by Crippen LogP contribution is 2.36. The Hall–Kier alpha value is -1.26. The van der Waals surface area contributed by atoms with Crippen molar-refractivity contribution >= 4 is 39.1 Å². The third kappa shape index (κ3) is 2.63. The summed E-state index contributed by atoms with van der Waals surface area (Å²) in [5.74, 6) is 0.0801. The van der Waals surface area contributed by atoms with Gasteiger partial charge in [0.15, 0.2) is 4.67 Å². The summed E-state index contributed by atoms with van der Waals surface area (Å²) in [6.07, 6.45) is 3.93. The fourth-order valence-corrected chi connectivity index (χ4v) is 3.32. The molecule has 2 aromatic rings. The molecule has 3 rings (SSSR count). The van der Waals surface area contributed by atoms with Gasteiger partial charge in [0.1, 0.15) is 0 Å². The molecule has 5 heteroatoms. The van der Waals surface area contributed by atoms with Crippen LogP contribution in [-0.4, -0.2) is 5.91 Å². The lowest BCUT2D eigenvalue weighted by Gasteiger charge is -2.13. The molecule has 2 heterocycles. The molecule has 0 fully saturated rings. The van der Waals surface area contributed by atoms with Crippen LogP contribution in [0.5, 0.6) is 0 Å². The Morgan fingerprint density at radius 1 is 1.30 bits per heavy atom. The van der Waals surface area contributed by atoms with Crippen LogP contribution in [-0.2, 0) is 11.2 Å². The number of halogens is 2. The van der Waals surface area contributed by atoms with Crippen LogP contribution in [0.4, 0.5) is 5.69 Å². The SMILES string of the molecule is O=C1CCCc2cc(C(Cl)c3ccoc3Br)ccc2N1. The largest absolute Gasteiger partial charge is 0.457 e. The second-order valence-corrected chi connectivity index (χ2v) is 5.99. The van der Waals surface area contributed by atoms with Crippen molar-refractivity contribution in [1.82, 2.24) is 0 Å². The normalized spacial score (nSPS) is 16.2. The second kappa shape index (κ2) is 5.62. The summed E-state index contributed by atoms with van der Waals surface area (Å²) in [6, 6.07) is 7.80. The molecule has 1 unspecified atom stereocenters. The number of carbonyl (C=O) groups excluding carboxylic acids is 1. The van der Waals surface area contributed by atoms with E-state index in [0.717, 1.165) is 35.2 Å². The van der Waals surface area contributed by atoms with Crippen LogP contribution in [0, 0.1) is 0 Å². The number of amides is 1. The first kappa shape index (κ1) is 13.7. The predicted molar refractivity (Wildman–Crippen MR) is 82.1 cm³/mol. The van der Waals surface area contributed by atoms with Gasteiger partial charge in [0.05, 0.1) is 11.6 Å². The summed E-state index contributed by atoms with van der Waals surface area (Å²) in [7, 11) is 0. The quantitative estimate of drug-likeness (QED) is 0.798. The van der Waals surface area contributed by atoms with E-state index in [1.54, 1.807) is 6.26 Å². The van der Waals surface area contributed by atoms with Gasteiger partial charge in [-0.2, -0.15) is 0 Å². The number of carbonyl (C=O) groups is 1. The number of fused-ring (bicyclic) bond motifs is 1. The molecule has 1 aromatic heterocycles. The van der Waals surface area contributed by atoms with Crippen molar-refractivity contribution in [3.63, 3.8) is 0 Å². The highest BCUT2D eigenvalue weighted by molar-refractivity contribution is 9.10. The van der Waals surface area contributed by atoms with Crippen LogP contribution >= 0.6 is 27.5 Å². The zero-order valence-electron chi connectivity index (χ0n) is 10.7. The lowest BCUT2D eigenvalue weighted by Crippen LogP contribution is -2.09. The molecule has 1 amide bonds. The fraction of sp³-hybridized carbons (Fsp3) is 0.267. The van der Waals surface area contributed by atoms with Gasteiger partial charge in [-0.05, 0) is 52.0 Å². The van der Waals surface area contributed by atoms with E-state index in [2.05, 4.69) is 27.3 Å². The van der Waals surface area contributed by atoms with Crippen molar-refractivity contribution in [2.45, 2.75) is 24.6 Å². The maximum Gasteiger partial charge on any atom is 0.224 e. The Balaban J connectivity index is 1.94. The maximum atomic E-state index is 11.5. The monoisotopic (exact) mass is 353 g/mol. The van der Waals surface area contributed by atoms with E-state index >= 15 is 0 Å². The first-order valence-corrected chi connectivity index (χ1v) is 7.68. The van der Waals surface area contributed by atoms with Crippen molar-refractivity contribution in [2.24, 2.45) is 0 Å². The van der Waals surface area contributed by atoms with Gasteiger partial charge in [-0.3, -0.25) is 4.79 Å². The minimum absolute atomic E-state index is 0.0801. The Kier molecular flexibility index (Phi) is 3.85. The lowest BCUT2D eigenvalue weighted by molar-refractivity contribution is -0.116. The van der Waals surface area contributed by atoms with Crippen molar-refractivity contribution < 1.29 is 9.21 Å². The summed E-state index contributed by atoms with van der Waals surface area (Å²) in [5.41, 5.74) is 3.94. The molecule has 0 aliphatic carbocycles. The van der Waals surface area contributed by atoms with Crippen molar-refractivity contribution in [1.29, 1.82) is 0 Å². The zero-order valence-corrected chi connectivity index (χ0v) is 13.0. The van der Waals surface area contributed by atoms with Crippen molar-refractivity contribution in [3.8, 4) is 0 Å². The second-order valence-electron chi connectivity index (χ2n) is 4.83. The maximum absolute atomic E-state index is 11.5. The third-order valence-corrected chi connectivity index (χ3v) is 4.60. The van der Waals surface area contributed by atoms with E-state index in [4.69, 9.17) is 16.0 Å². The van der Waals surface area contributed by atoms with E-state index < -0.39 is 0 Å². The van der Waals surface area contributed by atoms with Gasteiger partial charge in [-0.25, -0.2) is 0 Å². The molecule has 1 N–H and O–H groups in total. The van der Waals surface area contributed by atoms with Gasteiger partial charge in [0.2, 0.25) is 5.91 Å². The average Bonchev–Trinajstić information content (AvgIpc) is 2.76. The highest BCUT2D eigenvalue weighted by Gasteiger charge is 2.19. The van der Waals surface area contributed by atoms with Gasteiger partial charge in [0, 0.05) is 17.7 Å². The molecule has 0 saturated heterocycles. The topological polar surface area (TPSA) is 42.2 Å². The van der Waals surface area contributed by atoms with Crippen LogP contribution in [0.1, 0.15) is 34.9 Å². The van der Waals surface area contributed by atoms with E-state index in [1.165, 1.54) is 0 Å². The Bertz CT molecular complexity index is 653.